The minimum Gasteiger partial charge on any atom is -0.497 e. The SMILES string of the molecule is CCNC(=NCc1ccc2cc(OC)ccc2c1)NC1CCN(c2ncccc2F)C1.I. The van der Waals surface area contributed by atoms with E-state index in [1.54, 1.807) is 19.4 Å². The number of hydrogen-bond donors (Lipinski definition) is 2. The van der Waals surface area contributed by atoms with Gasteiger partial charge in [0.25, 0.3) is 0 Å². The molecule has 1 saturated heterocycles. The molecule has 1 unspecified atom stereocenters. The summed E-state index contributed by atoms with van der Waals surface area (Å²) >= 11 is 0. The first-order valence-corrected chi connectivity index (χ1v) is 10.6. The molecular formula is C24H29FIN5O. The molecule has 1 aliphatic heterocycles. The Morgan fingerprint density at radius 2 is 2.03 bits per heavy atom. The number of fused-ring (bicyclic) bond motifs is 1. The van der Waals surface area contributed by atoms with E-state index in [1.165, 1.54) is 6.07 Å². The zero-order valence-electron chi connectivity index (χ0n) is 18.3. The maximum Gasteiger partial charge on any atom is 0.191 e. The zero-order chi connectivity index (χ0) is 21.6. The first-order chi connectivity index (χ1) is 15.2. The normalized spacial score (nSPS) is 16.0. The maximum absolute atomic E-state index is 14.0. The van der Waals surface area contributed by atoms with Gasteiger partial charge in [0.05, 0.1) is 13.7 Å². The number of ether oxygens (including phenoxy) is 1. The van der Waals surface area contributed by atoms with E-state index in [-0.39, 0.29) is 35.8 Å². The smallest absolute Gasteiger partial charge is 0.191 e. The van der Waals surface area contributed by atoms with Crippen molar-refractivity contribution in [2.24, 2.45) is 4.99 Å². The number of methoxy groups -OCH3 is 1. The van der Waals surface area contributed by atoms with Gasteiger partial charge in [0.2, 0.25) is 0 Å². The number of rotatable bonds is 6. The van der Waals surface area contributed by atoms with Crippen molar-refractivity contribution in [3.05, 3.63) is 66.1 Å². The lowest BCUT2D eigenvalue weighted by atomic mass is 10.1. The summed E-state index contributed by atoms with van der Waals surface area (Å²) in [5, 5.41) is 9.11. The van der Waals surface area contributed by atoms with E-state index in [2.05, 4.69) is 39.9 Å². The van der Waals surface area contributed by atoms with Gasteiger partial charge in [0.1, 0.15) is 5.75 Å². The molecule has 1 fully saturated rings. The third-order valence-corrected chi connectivity index (χ3v) is 5.44. The largest absolute Gasteiger partial charge is 0.497 e. The number of nitrogens with zero attached hydrogens (tertiary/aromatic N) is 3. The Hall–Kier alpha value is -2.62. The molecule has 2 aromatic carbocycles. The molecule has 6 nitrogen and oxygen atoms in total. The molecule has 0 amide bonds. The van der Waals surface area contributed by atoms with Gasteiger partial charge in [-0.05, 0) is 60.0 Å². The summed E-state index contributed by atoms with van der Waals surface area (Å²) in [6.45, 7) is 4.84. The number of aromatic nitrogens is 1. The Balaban J connectivity index is 0.00000289. The molecular weight excluding hydrogens is 520 g/mol. The lowest BCUT2D eigenvalue weighted by Gasteiger charge is -2.20. The lowest BCUT2D eigenvalue weighted by Crippen LogP contribution is -2.44. The van der Waals surface area contributed by atoms with Crippen molar-refractivity contribution in [1.29, 1.82) is 0 Å². The van der Waals surface area contributed by atoms with E-state index in [0.29, 0.717) is 18.9 Å². The highest BCUT2D eigenvalue weighted by molar-refractivity contribution is 14.0. The number of nitrogens with one attached hydrogen (secondary N) is 2. The third-order valence-electron chi connectivity index (χ3n) is 5.44. The third kappa shape index (κ3) is 5.79. The van der Waals surface area contributed by atoms with Crippen molar-refractivity contribution < 1.29 is 9.13 Å². The summed E-state index contributed by atoms with van der Waals surface area (Å²) in [5.41, 5.74) is 1.14. The van der Waals surface area contributed by atoms with Crippen molar-refractivity contribution in [1.82, 2.24) is 15.6 Å². The lowest BCUT2D eigenvalue weighted by molar-refractivity contribution is 0.415. The minimum atomic E-state index is -0.280. The molecule has 2 N–H and O–H groups in total. The van der Waals surface area contributed by atoms with E-state index in [4.69, 9.17) is 9.73 Å². The van der Waals surface area contributed by atoms with E-state index in [0.717, 1.165) is 47.6 Å². The number of hydrogen-bond acceptors (Lipinski definition) is 4. The molecule has 2 heterocycles. The van der Waals surface area contributed by atoms with Crippen LogP contribution in [0.4, 0.5) is 10.2 Å². The number of pyridine rings is 1. The predicted octanol–water partition coefficient (Wildman–Crippen LogP) is 4.33. The molecule has 0 radical (unpaired) electrons. The number of anilines is 1. The fourth-order valence-electron chi connectivity index (χ4n) is 3.86. The molecule has 0 spiro atoms. The Labute approximate surface area is 205 Å². The fourth-order valence-corrected chi connectivity index (χ4v) is 3.86. The first-order valence-electron chi connectivity index (χ1n) is 10.6. The Morgan fingerprint density at radius 3 is 2.81 bits per heavy atom. The highest BCUT2D eigenvalue weighted by Crippen LogP contribution is 2.23. The van der Waals surface area contributed by atoms with E-state index in [9.17, 15) is 4.39 Å². The molecule has 3 aromatic rings. The summed E-state index contributed by atoms with van der Waals surface area (Å²) in [5.74, 6) is 1.76. The van der Waals surface area contributed by atoms with Crippen LogP contribution in [-0.4, -0.2) is 43.7 Å². The van der Waals surface area contributed by atoms with Crippen LogP contribution in [0.2, 0.25) is 0 Å². The van der Waals surface area contributed by atoms with Gasteiger partial charge in [-0.3, -0.25) is 0 Å². The van der Waals surface area contributed by atoms with Crippen LogP contribution < -0.4 is 20.3 Å². The molecule has 1 aliphatic rings. The second-order valence-corrected chi connectivity index (χ2v) is 7.63. The standard InChI is InChI=1S/C24H28FN5O.HI/c1-3-26-24(29-20-10-12-30(16-20)23-22(25)5-4-11-27-23)28-15-17-6-7-19-14-21(31-2)9-8-18(19)13-17;/h4-9,11,13-14,20H,3,10,12,15-16H2,1-2H3,(H2,26,28,29);1H. The van der Waals surface area contributed by atoms with E-state index >= 15 is 0 Å². The summed E-state index contributed by atoms with van der Waals surface area (Å²) in [6, 6.07) is 15.7. The average Bonchev–Trinajstić information content (AvgIpc) is 3.25. The average molecular weight is 549 g/mol. The van der Waals surface area contributed by atoms with Crippen LogP contribution >= 0.6 is 24.0 Å². The molecule has 170 valence electrons. The highest BCUT2D eigenvalue weighted by atomic mass is 127. The molecule has 1 aromatic heterocycles. The summed E-state index contributed by atoms with van der Waals surface area (Å²) in [7, 11) is 1.68. The molecule has 0 aliphatic carbocycles. The van der Waals surface area contributed by atoms with Crippen molar-refractivity contribution >= 4 is 46.5 Å². The predicted molar refractivity (Wildman–Crippen MR) is 139 cm³/mol. The van der Waals surface area contributed by atoms with Crippen LogP contribution in [-0.2, 0) is 6.54 Å². The van der Waals surface area contributed by atoms with E-state index < -0.39 is 0 Å². The van der Waals surface area contributed by atoms with Crippen molar-refractivity contribution in [2.75, 3.05) is 31.6 Å². The molecule has 0 bridgehead atoms. The minimum absolute atomic E-state index is 0. The number of halogens is 2. The van der Waals surface area contributed by atoms with Gasteiger partial charge in [-0.15, -0.1) is 24.0 Å². The number of aliphatic imine (C=N–C) groups is 1. The van der Waals surface area contributed by atoms with Crippen molar-refractivity contribution in [3.8, 4) is 5.75 Å². The van der Waals surface area contributed by atoms with Gasteiger partial charge < -0.3 is 20.3 Å². The summed E-state index contributed by atoms with van der Waals surface area (Å²) < 4.78 is 19.3. The summed E-state index contributed by atoms with van der Waals surface area (Å²) in [6.07, 6.45) is 2.53. The van der Waals surface area contributed by atoms with Crippen LogP contribution in [0.1, 0.15) is 18.9 Å². The van der Waals surface area contributed by atoms with Crippen LogP contribution in [0.3, 0.4) is 0 Å². The Kier molecular flexibility index (Phi) is 8.49. The van der Waals surface area contributed by atoms with Crippen LogP contribution in [0, 0.1) is 5.82 Å². The molecule has 1 atom stereocenters. The zero-order valence-corrected chi connectivity index (χ0v) is 20.7. The van der Waals surface area contributed by atoms with Gasteiger partial charge >= 0.3 is 0 Å². The van der Waals surface area contributed by atoms with Gasteiger partial charge in [0.15, 0.2) is 17.6 Å². The van der Waals surface area contributed by atoms with Gasteiger partial charge in [-0.25, -0.2) is 14.4 Å². The van der Waals surface area contributed by atoms with Gasteiger partial charge in [0, 0.05) is 31.9 Å². The molecule has 4 rings (SSSR count). The molecule has 8 heteroatoms. The maximum atomic E-state index is 14.0. The second-order valence-electron chi connectivity index (χ2n) is 7.63. The molecule has 32 heavy (non-hydrogen) atoms. The monoisotopic (exact) mass is 549 g/mol. The van der Waals surface area contributed by atoms with Crippen molar-refractivity contribution in [3.63, 3.8) is 0 Å². The fraction of sp³-hybridized carbons (Fsp3) is 0.333. The number of benzene rings is 2. The molecule has 0 saturated carbocycles. The number of guanidine groups is 1. The Morgan fingerprint density at radius 1 is 1.22 bits per heavy atom. The van der Waals surface area contributed by atoms with Crippen LogP contribution in [0.5, 0.6) is 5.75 Å². The summed E-state index contributed by atoms with van der Waals surface area (Å²) in [4.78, 5) is 10.9. The van der Waals surface area contributed by atoms with Gasteiger partial charge in [-0.2, -0.15) is 0 Å². The first kappa shape index (κ1) is 24.0. The van der Waals surface area contributed by atoms with Crippen LogP contribution in [0.25, 0.3) is 10.8 Å². The van der Waals surface area contributed by atoms with Crippen molar-refractivity contribution in [2.45, 2.75) is 25.9 Å². The van der Waals surface area contributed by atoms with Gasteiger partial charge in [-0.1, -0.05) is 18.2 Å². The highest BCUT2D eigenvalue weighted by Gasteiger charge is 2.25. The second kappa shape index (κ2) is 11.3. The topological polar surface area (TPSA) is 61.8 Å². The quantitative estimate of drug-likeness (QED) is 0.272. The Bertz CT molecular complexity index is 1080. The van der Waals surface area contributed by atoms with E-state index in [1.807, 2.05) is 24.0 Å². The van der Waals surface area contributed by atoms with Crippen LogP contribution in [0.15, 0.2) is 59.7 Å².